The summed E-state index contributed by atoms with van der Waals surface area (Å²) in [4.78, 5) is 24.9. The second kappa shape index (κ2) is 10.1. The van der Waals surface area contributed by atoms with Gasteiger partial charge in [0.1, 0.15) is 5.00 Å². The summed E-state index contributed by atoms with van der Waals surface area (Å²) < 4.78 is 29.4. The molecule has 0 unspecified atom stereocenters. The van der Waals surface area contributed by atoms with Crippen molar-refractivity contribution < 1.29 is 18.1 Å². The van der Waals surface area contributed by atoms with Crippen molar-refractivity contribution in [2.24, 2.45) is 11.3 Å². The molecule has 1 heterocycles. The van der Waals surface area contributed by atoms with E-state index in [-0.39, 0.29) is 26.6 Å². The number of non-ortho nitro benzene ring substituents is 1. The van der Waals surface area contributed by atoms with Crippen LogP contribution in [0.15, 0.2) is 47.4 Å². The minimum Gasteiger partial charge on any atom is -0.322 e. The number of amides is 1. The number of fused-ring (bicyclic) bond motifs is 1. The number of aryl methyl sites for hydroxylation is 1. The van der Waals surface area contributed by atoms with E-state index in [1.807, 2.05) is 0 Å². The molecule has 196 valence electrons. The van der Waals surface area contributed by atoms with E-state index >= 15 is 0 Å². The first kappa shape index (κ1) is 27.1. The molecule has 1 aromatic heterocycles. The molecule has 0 fully saturated rings. The number of nitrogens with zero attached hydrogens (tertiary/aromatic N) is 1. The monoisotopic (exact) mass is 561 g/mol. The van der Waals surface area contributed by atoms with Crippen LogP contribution < -0.4 is 10.0 Å². The van der Waals surface area contributed by atoms with Gasteiger partial charge in [-0.25, -0.2) is 8.42 Å². The number of hydrogen-bond donors (Lipinski definition) is 2. The number of carbonyl (C=O) groups excluding carboxylic acids is 1. The highest BCUT2D eigenvalue weighted by Gasteiger charge is 2.35. The van der Waals surface area contributed by atoms with E-state index in [9.17, 15) is 23.3 Å². The van der Waals surface area contributed by atoms with Gasteiger partial charge < -0.3 is 5.32 Å². The van der Waals surface area contributed by atoms with E-state index in [2.05, 4.69) is 30.8 Å². The third kappa shape index (κ3) is 5.81. The van der Waals surface area contributed by atoms with Gasteiger partial charge >= 0.3 is 0 Å². The predicted molar refractivity (Wildman–Crippen MR) is 147 cm³/mol. The van der Waals surface area contributed by atoms with Gasteiger partial charge in [0.25, 0.3) is 21.6 Å². The molecular formula is C26H28ClN3O5S2. The maximum absolute atomic E-state index is 13.5. The van der Waals surface area contributed by atoms with Crippen molar-refractivity contribution in [3.8, 4) is 0 Å². The van der Waals surface area contributed by atoms with Gasteiger partial charge in [-0.1, -0.05) is 38.4 Å². The normalized spacial score (nSPS) is 15.6. The maximum Gasteiger partial charge on any atom is 0.270 e. The number of thiophene rings is 1. The topological polar surface area (TPSA) is 118 Å². The molecule has 11 heteroatoms. The lowest BCUT2D eigenvalue weighted by Gasteiger charge is -2.33. The molecule has 3 aromatic rings. The average molecular weight is 562 g/mol. The number of sulfonamides is 1. The van der Waals surface area contributed by atoms with Crippen LogP contribution in [0.5, 0.6) is 0 Å². The van der Waals surface area contributed by atoms with Crippen LogP contribution >= 0.6 is 22.9 Å². The Morgan fingerprint density at radius 3 is 2.46 bits per heavy atom. The number of nitro groups is 1. The molecule has 8 nitrogen and oxygen atoms in total. The molecule has 1 amide bonds. The van der Waals surface area contributed by atoms with Crippen LogP contribution in [-0.2, 0) is 22.9 Å². The van der Waals surface area contributed by atoms with E-state index in [0.29, 0.717) is 28.6 Å². The Morgan fingerprint density at radius 2 is 1.84 bits per heavy atom. The molecule has 0 radical (unpaired) electrons. The van der Waals surface area contributed by atoms with Crippen LogP contribution in [0.2, 0.25) is 5.02 Å². The second-order valence-corrected chi connectivity index (χ2v) is 13.5. The quantitative estimate of drug-likeness (QED) is 0.253. The Bertz CT molecular complexity index is 1480. The summed E-state index contributed by atoms with van der Waals surface area (Å²) in [5.74, 6) is -0.0446. The van der Waals surface area contributed by atoms with Gasteiger partial charge in [0.2, 0.25) is 0 Å². The number of hydrogen-bond acceptors (Lipinski definition) is 6. The van der Waals surface area contributed by atoms with Gasteiger partial charge in [0.15, 0.2) is 0 Å². The number of anilines is 2. The van der Waals surface area contributed by atoms with Crippen LogP contribution in [0.1, 0.15) is 53.6 Å². The molecule has 2 aromatic carbocycles. The molecule has 1 aliphatic carbocycles. The highest BCUT2D eigenvalue weighted by Crippen LogP contribution is 2.45. The molecule has 0 saturated heterocycles. The van der Waals surface area contributed by atoms with Crippen LogP contribution in [0.25, 0.3) is 0 Å². The summed E-state index contributed by atoms with van der Waals surface area (Å²) in [7, 11) is -4.22. The lowest BCUT2D eigenvalue weighted by atomic mass is 9.72. The standard InChI is InChI=1S/C26H28ClN3O5S2/c1-15-5-11-19(30(32)33)14-22(15)37(34,35)29-25-23(24(31)28-18-9-7-17(27)8-10-18)20-12-6-16(26(2,3)4)13-21(20)36-25/h5,7-11,14,16,29H,6,12-13H2,1-4H3,(H,28,31)/t16-/m1/s1. The molecule has 4 rings (SSSR count). The second-order valence-electron chi connectivity index (χ2n) is 10.3. The molecule has 0 bridgehead atoms. The smallest absolute Gasteiger partial charge is 0.270 e. The number of rotatable bonds is 6. The first-order valence-corrected chi connectivity index (χ1v) is 14.4. The first-order chi connectivity index (χ1) is 17.3. The van der Waals surface area contributed by atoms with Gasteiger partial charge in [-0.3, -0.25) is 19.6 Å². The highest BCUT2D eigenvalue weighted by atomic mass is 35.5. The summed E-state index contributed by atoms with van der Waals surface area (Å²) in [6, 6.07) is 10.3. The summed E-state index contributed by atoms with van der Waals surface area (Å²) in [6.45, 7) is 8.11. The van der Waals surface area contributed by atoms with Crippen molar-refractivity contribution in [2.45, 2.75) is 51.9 Å². The number of benzene rings is 2. The highest BCUT2D eigenvalue weighted by molar-refractivity contribution is 7.93. The fourth-order valence-corrected chi connectivity index (χ4v) is 7.55. The van der Waals surface area contributed by atoms with Crippen LogP contribution in [-0.4, -0.2) is 19.2 Å². The summed E-state index contributed by atoms with van der Waals surface area (Å²) in [5.41, 5.74) is 1.75. The van der Waals surface area contributed by atoms with Crippen LogP contribution in [0.4, 0.5) is 16.4 Å². The van der Waals surface area contributed by atoms with Crippen molar-refractivity contribution >= 4 is 55.2 Å². The van der Waals surface area contributed by atoms with Gasteiger partial charge in [-0.05, 0) is 72.9 Å². The number of halogens is 1. The Labute approximate surface area is 225 Å². The molecule has 37 heavy (non-hydrogen) atoms. The SMILES string of the molecule is Cc1ccc([N+](=O)[O-])cc1S(=O)(=O)Nc1sc2c(c1C(=O)Nc1ccc(Cl)cc1)CC[C@@H](C(C)(C)C)C2. The molecule has 0 aliphatic heterocycles. The lowest BCUT2D eigenvalue weighted by molar-refractivity contribution is -0.385. The van der Waals surface area contributed by atoms with E-state index in [4.69, 9.17) is 11.6 Å². The minimum atomic E-state index is -4.22. The Balaban J connectivity index is 1.76. The van der Waals surface area contributed by atoms with Crippen molar-refractivity contribution in [3.05, 3.63) is 79.2 Å². The van der Waals surface area contributed by atoms with Crippen molar-refractivity contribution in [3.63, 3.8) is 0 Å². The molecule has 1 atom stereocenters. The summed E-state index contributed by atoms with van der Waals surface area (Å²) in [5, 5.41) is 14.8. The van der Waals surface area contributed by atoms with E-state index in [1.165, 1.54) is 23.5 Å². The van der Waals surface area contributed by atoms with E-state index in [1.54, 1.807) is 31.2 Å². The first-order valence-electron chi connectivity index (χ1n) is 11.8. The third-order valence-electron chi connectivity index (χ3n) is 6.72. The van der Waals surface area contributed by atoms with Crippen molar-refractivity contribution in [2.75, 3.05) is 10.0 Å². The summed E-state index contributed by atoms with van der Waals surface area (Å²) in [6.07, 6.45) is 2.27. The van der Waals surface area contributed by atoms with Gasteiger partial charge in [-0.15, -0.1) is 11.3 Å². The van der Waals surface area contributed by atoms with Gasteiger partial charge in [0, 0.05) is 27.7 Å². The Kier molecular flexibility index (Phi) is 7.38. The van der Waals surface area contributed by atoms with Crippen LogP contribution in [0, 0.1) is 28.4 Å². The number of nitro benzene ring substituents is 1. The zero-order chi connectivity index (χ0) is 27.1. The Hall–Kier alpha value is -2.95. The number of nitrogens with one attached hydrogen (secondary N) is 2. The summed E-state index contributed by atoms with van der Waals surface area (Å²) >= 11 is 7.22. The lowest BCUT2D eigenvalue weighted by Crippen LogP contribution is -2.27. The predicted octanol–water partition coefficient (Wildman–Crippen LogP) is 6.82. The van der Waals surface area contributed by atoms with E-state index in [0.717, 1.165) is 29.3 Å². The van der Waals surface area contributed by atoms with Gasteiger partial charge in [-0.2, -0.15) is 0 Å². The molecule has 1 aliphatic rings. The van der Waals surface area contributed by atoms with Crippen molar-refractivity contribution in [1.82, 2.24) is 0 Å². The van der Waals surface area contributed by atoms with Crippen molar-refractivity contribution in [1.29, 1.82) is 0 Å². The fraction of sp³-hybridized carbons (Fsp3) is 0.346. The molecule has 2 N–H and O–H groups in total. The third-order valence-corrected chi connectivity index (χ3v) is 9.76. The average Bonchev–Trinajstić information content (AvgIpc) is 3.16. The zero-order valence-electron chi connectivity index (χ0n) is 20.9. The molecular weight excluding hydrogens is 534 g/mol. The molecule has 0 spiro atoms. The molecule has 0 saturated carbocycles. The Morgan fingerprint density at radius 1 is 1.16 bits per heavy atom. The fourth-order valence-electron chi connectivity index (χ4n) is 4.53. The zero-order valence-corrected chi connectivity index (χ0v) is 23.3. The maximum atomic E-state index is 13.5. The number of carbonyl (C=O) groups is 1. The minimum absolute atomic E-state index is 0.0627. The largest absolute Gasteiger partial charge is 0.322 e. The van der Waals surface area contributed by atoms with Crippen LogP contribution in [0.3, 0.4) is 0 Å². The van der Waals surface area contributed by atoms with E-state index < -0.39 is 20.9 Å². The van der Waals surface area contributed by atoms with Gasteiger partial charge in [0.05, 0.1) is 15.4 Å².